The molecule has 0 saturated heterocycles. The van der Waals surface area contributed by atoms with E-state index in [0.717, 1.165) is 10.9 Å². The number of hydrogen-bond acceptors (Lipinski definition) is 5. The third-order valence-corrected chi connectivity index (χ3v) is 4.53. The minimum absolute atomic E-state index is 0.184. The largest absolute Gasteiger partial charge is 0.467 e. The van der Waals surface area contributed by atoms with Gasteiger partial charge in [-0.3, -0.25) is 4.79 Å². The zero-order valence-electron chi connectivity index (χ0n) is 14.8. The van der Waals surface area contributed by atoms with Gasteiger partial charge in [-0.1, -0.05) is 32.0 Å². The molecule has 1 aromatic heterocycles. The third-order valence-electron chi connectivity index (χ3n) is 3.71. The van der Waals surface area contributed by atoms with E-state index in [9.17, 15) is 14.4 Å². The summed E-state index contributed by atoms with van der Waals surface area (Å²) in [5.74, 6) is -1.58. The monoisotopic (exact) mass is 424 g/mol. The Labute approximate surface area is 159 Å². The maximum atomic E-state index is 12.2. The molecule has 2 rings (SSSR count). The Morgan fingerprint density at radius 3 is 2.54 bits per heavy atom. The number of fused-ring (bicyclic) bond motifs is 1. The van der Waals surface area contributed by atoms with Gasteiger partial charge in [0.15, 0.2) is 6.61 Å². The Kier molecular flexibility index (Phi) is 6.79. The summed E-state index contributed by atoms with van der Waals surface area (Å²) >= 11 is 3.36. The summed E-state index contributed by atoms with van der Waals surface area (Å²) in [5, 5.41) is 3.37. The lowest BCUT2D eigenvalue weighted by molar-refractivity contribution is -0.145. The van der Waals surface area contributed by atoms with Crippen LogP contribution in [0, 0.1) is 5.92 Å². The Morgan fingerprint density at radius 2 is 1.92 bits per heavy atom. The van der Waals surface area contributed by atoms with Crippen LogP contribution in [0.1, 0.15) is 30.8 Å². The summed E-state index contributed by atoms with van der Waals surface area (Å²) in [7, 11) is 1.26. The van der Waals surface area contributed by atoms with Gasteiger partial charge in [-0.25, -0.2) is 9.59 Å². The molecule has 0 fully saturated rings. The van der Waals surface area contributed by atoms with E-state index in [1.54, 1.807) is 0 Å². The number of H-pyrrole nitrogens is 1. The Bertz CT molecular complexity index is 815. The summed E-state index contributed by atoms with van der Waals surface area (Å²) < 4.78 is 10.3. The van der Waals surface area contributed by atoms with Gasteiger partial charge in [-0.05, 0) is 34.3 Å². The standard InChI is InChI=1S/C18H21BrN2O5/c1-10(2)8-13(17(23)25-3)20-14(22)9-26-18(24)16-15(19)11-6-4-5-7-12(11)21-16/h4-7,10,13,21H,8-9H2,1-3H3,(H,20,22). The number of hydrogen-bond donors (Lipinski definition) is 2. The van der Waals surface area contributed by atoms with E-state index < -0.39 is 30.5 Å². The molecule has 1 aromatic carbocycles. The van der Waals surface area contributed by atoms with Crippen LogP contribution in [0.5, 0.6) is 0 Å². The van der Waals surface area contributed by atoms with Crippen molar-refractivity contribution in [1.82, 2.24) is 10.3 Å². The van der Waals surface area contributed by atoms with E-state index in [2.05, 4.69) is 31.0 Å². The van der Waals surface area contributed by atoms with E-state index in [-0.39, 0.29) is 11.6 Å². The fourth-order valence-corrected chi connectivity index (χ4v) is 3.12. The molecule has 2 aromatic rings. The molecule has 1 amide bonds. The predicted molar refractivity (Wildman–Crippen MR) is 99.7 cm³/mol. The van der Waals surface area contributed by atoms with Crippen LogP contribution in [-0.4, -0.2) is 42.6 Å². The molecule has 1 atom stereocenters. The molecule has 0 aliphatic heterocycles. The Morgan fingerprint density at radius 1 is 1.23 bits per heavy atom. The van der Waals surface area contributed by atoms with Crippen molar-refractivity contribution in [1.29, 1.82) is 0 Å². The van der Waals surface area contributed by atoms with Crippen molar-refractivity contribution in [3.8, 4) is 0 Å². The van der Waals surface area contributed by atoms with Crippen LogP contribution < -0.4 is 5.32 Å². The fraction of sp³-hybridized carbons (Fsp3) is 0.389. The van der Waals surface area contributed by atoms with Gasteiger partial charge in [-0.15, -0.1) is 0 Å². The van der Waals surface area contributed by atoms with Gasteiger partial charge in [0.05, 0.1) is 11.6 Å². The number of amides is 1. The van der Waals surface area contributed by atoms with Gasteiger partial charge in [0, 0.05) is 10.9 Å². The number of benzene rings is 1. The number of methoxy groups -OCH3 is 1. The molecule has 1 unspecified atom stereocenters. The molecule has 8 heteroatoms. The molecule has 1 heterocycles. The summed E-state index contributed by atoms with van der Waals surface area (Å²) in [6, 6.07) is 6.61. The third kappa shape index (κ3) is 4.85. The number of rotatable bonds is 7. The van der Waals surface area contributed by atoms with Gasteiger partial charge >= 0.3 is 11.9 Å². The van der Waals surface area contributed by atoms with Gasteiger partial charge in [0.25, 0.3) is 5.91 Å². The molecule has 0 aliphatic rings. The van der Waals surface area contributed by atoms with Crippen LogP contribution in [0.4, 0.5) is 0 Å². The predicted octanol–water partition coefficient (Wildman–Crippen LogP) is 2.79. The fourth-order valence-electron chi connectivity index (χ4n) is 2.52. The number of ether oxygens (including phenoxy) is 2. The number of carbonyl (C=O) groups excluding carboxylic acids is 3. The first-order chi connectivity index (χ1) is 12.3. The molecule has 0 bridgehead atoms. The molecule has 0 aliphatic carbocycles. The van der Waals surface area contributed by atoms with Crippen molar-refractivity contribution in [2.75, 3.05) is 13.7 Å². The van der Waals surface area contributed by atoms with Gasteiger partial charge in [0.1, 0.15) is 11.7 Å². The summed E-state index contributed by atoms with van der Waals surface area (Å²) in [6.45, 7) is 3.36. The van der Waals surface area contributed by atoms with Crippen molar-refractivity contribution in [3.63, 3.8) is 0 Å². The lowest BCUT2D eigenvalue weighted by Crippen LogP contribution is -2.44. The number of aromatic nitrogens is 1. The molecule has 2 N–H and O–H groups in total. The highest BCUT2D eigenvalue weighted by atomic mass is 79.9. The van der Waals surface area contributed by atoms with E-state index in [0.29, 0.717) is 10.9 Å². The molecular weight excluding hydrogens is 404 g/mol. The number of nitrogens with one attached hydrogen (secondary N) is 2. The quantitative estimate of drug-likeness (QED) is 0.665. The molecular formula is C18H21BrN2O5. The van der Waals surface area contributed by atoms with Crippen LogP contribution in [0.3, 0.4) is 0 Å². The second kappa shape index (κ2) is 8.84. The SMILES string of the molecule is COC(=O)C(CC(C)C)NC(=O)COC(=O)c1[nH]c2ccccc2c1Br. The average Bonchev–Trinajstić information content (AvgIpc) is 2.95. The second-order valence-electron chi connectivity index (χ2n) is 6.21. The van der Waals surface area contributed by atoms with Crippen molar-refractivity contribution >= 4 is 44.7 Å². The molecule has 0 radical (unpaired) electrons. The van der Waals surface area contributed by atoms with Crippen LogP contribution >= 0.6 is 15.9 Å². The first-order valence-corrected chi connectivity index (χ1v) is 8.93. The smallest absolute Gasteiger partial charge is 0.356 e. The summed E-state index contributed by atoms with van der Waals surface area (Å²) in [6.07, 6.45) is 0.430. The van der Waals surface area contributed by atoms with Gasteiger partial charge in [-0.2, -0.15) is 0 Å². The lowest BCUT2D eigenvalue weighted by Gasteiger charge is -2.18. The Balaban J connectivity index is 1.98. The van der Waals surface area contributed by atoms with Crippen molar-refractivity contribution in [2.24, 2.45) is 5.92 Å². The first kappa shape index (κ1) is 20.0. The topological polar surface area (TPSA) is 97.5 Å². The zero-order valence-corrected chi connectivity index (χ0v) is 16.4. The maximum absolute atomic E-state index is 12.2. The van der Waals surface area contributed by atoms with Crippen LogP contribution in [0.15, 0.2) is 28.7 Å². The highest BCUT2D eigenvalue weighted by Crippen LogP contribution is 2.28. The highest BCUT2D eigenvalue weighted by Gasteiger charge is 2.24. The molecule has 7 nitrogen and oxygen atoms in total. The van der Waals surface area contributed by atoms with Crippen LogP contribution in [-0.2, 0) is 19.1 Å². The zero-order chi connectivity index (χ0) is 19.3. The number of para-hydroxylation sites is 1. The minimum Gasteiger partial charge on any atom is -0.467 e. The number of halogens is 1. The van der Waals surface area contributed by atoms with E-state index in [4.69, 9.17) is 4.74 Å². The summed E-state index contributed by atoms with van der Waals surface area (Å²) in [5.41, 5.74) is 1.00. The van der Waals surface area contributed by atoms with Gasteiger partial charge < -0.3 is 19.8 Å². The van der Waals surface area contributed by atoms with Crippen molar-refractivity contribution < 1.29 is 23.9 Å². The van der Waals surface area contributed by atoms with E-state index >= 15 is 0 Å². The molecule has 0 saturated carbocycles. The molecule has 26 heavy (non-hydrogen) atoms. The Hall–Kier alpha value is -2.35. The molecule has 140 valence electrons. The highest BCUT2D eigenvalue weighted by molar-refractivity contribution is 9.10. The van der Waals surface area contributed by atoms with Gasteiger partial charge in [0.2, 0.25) is 0 Å². The van der Waals surface area contributed by atoms with Crippen molar-refractivity contribution in [2.45, 2.75) is 26.3 Å². The van der Waals surface area contributed by atoms with E-state index in [1.165, 1.54) is 7.11 Å². The maximum Gasteiger partial charge on any atom is 0.356 e. The normalized spacial score (nSPS) is 12.0. The first-order valence-electron chi connectivity index (χ1n) is 8.14. The van der Waals surface area contributed by atoms with E-state index in [1.807, 2.05) is 38.1 Å². The minimum atomic E-state index is -0.772. The second-order valence-corrected chi connectivity index (χ2v) is 7.00. The molecule has 0 spiro atoms. The van der Waals surface area contributed by atoms with Crippen molar-refractivity contribution in [3.05, 3.63) is 34.4 Å². The lowest BCUT2D eigenvalue weighted by atomic mass is 10.0. The average molecular weight is 425 g/mol. The summed E-state index contributed by atoms with van der Waals surface area (Å²) in [4.78, 5) is 39.0. The number of esters is 2. The van der Waals surface area contributed by atoms with Crippen LogP contribution in [0.25, 0.3) is 10.9 Å². The van der Waals surface area contributed by atoms with Crippen LogP contribution in [0.2, 0.25) is 0 Å². The number of carbonyl (C=O) groups is 3. The number of aromatic amines is 1.